The summed E-state index contributed by atoms with van der Waals surface area (Å²) in [6.07, 6.45) is 3.54. The third kappa shape index (κ3) is 35.8. The van der Waals surface area contributed by atoms with Crippen LogP contribution in [0.25, 0.3) is 0 Å². The monoisotopic (exact) mass is 692 g/mol. The summed E-state index contributed by atoms with van der Waals surface area (Å²) in [5, 5.41) is 0. The van der Waals surface area contributed by atoms with Gasteiger partial charge in [-0.25, -0.2) is 0 Å². The van der Waals surface area contributed by atoms with Crippen LogP contribution in [-0.2, 0) is 56.8 Å². The summed E-state index contributed by atoms with van der Waals surface area (Å²) in [4.78, 5) is 0. The van der Waals surface area contributed by atoms with E-state index in [2.05, 4.69) is 6.92 Å². The lowest BCUT2D eigenvalue weighted by Gasteiger charge is -2.09. The van der Waals surface area contributed by atoms with Crippen LogP contribution in [0.3, 0.4) is 0 Å². The van der Waals surface area contributed by atoms with Gasteiger partial charge in [0.25, 0.3) is 0 Å². The standard InChI is InChI=1S/C35H64O13/c1-2-3-7-10-36-11-12-37-13-14-38-15-16-39-17-18-40-19-20-41-21-22-42-23-24-43-25-26-44-27-28-45-29-30-46-31-32-47-33-34-48-35-8-5-4-6-9-35/h4-6,8-9H,2-3,7,10-34H2,1H3. The Morgan fingerprint density at radius 3 is 0.812 bits per heavy atom. The minimum atomic E-state index is 0.511. The Morgan fingerprint density at radius 2 is 0.542 bits per heavy atom. The minimum absolute atomic E-state index is 0.511. The molecule has 0 spiro atoms. The molecule has 0 aliphatic carbocycles. The van der Waals surface area contributed by atoms with Crippen LogP contribution >= 0.6 is 0 Å². The van der Waals surface area contributed by atoms with E-state index in [0.717, 1.165) is 18.8 Å². The molecule has 0 aromatic heterocycles. The number of hydrogen-bond donors (Lipinski definition) is 0. The molecule has 0 amide bonds. The van der Waals surface area contributed by atoms with Crippen LogP contribution in [0.2, 0.25) is 0 Å². The van der Waals surface area contributed by atoms with E-state index in [1.165, 1.54) is 12.8 Å². The predicted octanol–water partition coefficient (Wildman–Crippen LogP) is 3.45. The van der Waals surface area contributed by atoms with E-state index in [9.17, 15) is 0 Å². The smallest absolute Gasteiger partial charge is 0.119 e. The lowest BCUT2D eigenvalue weighted by molar-refractivity contribution is -0.0285. The molecule has 0 fully saturated rings. The molecule has 0 atom stereocenters. The Bertz CT molecular complexity index is 717. The van der Waals surface area contributed by atoms with Crippen molar-refractivity contribution in [2.24, 2.45) is 0 Å². The second-order valence-corrected chi connectivity index (χ2v) is 10.2. The molecule has 0 N–H and O–H groups in total. The van der Waals surface area contributed by atoms with Gasteiger partial charge >= 0.3 is 0 Å². The summed E-state index contributed by atoms with van der Waals surface area (Å²) in [5.74, 6) is 0.844. The number of rotatable bonds is 41. The zero-order valence-electron chi connectivity index (χ0n) is 29.5. The highest BCUT2D eigenvalue weighted by molar-refractivity contribution is 5.20. The fourth-order valence-corrected chi connectivity index (χ4v) is 3.71. The molecule has 0 bridgehead atoms. The van der Waals surface area contributed by atoms with Crippen LogP contribution in [-0.4, -0.2) is 165 Å². The van der Waals surface area contributed by atoms with E-state index in [4.69, 9.17) is 61.6 Å². The fourth-order valence-electron chi connectivity index (χ4n) is 3.71. The summed E-state index contributed by atoms with van der Waals surface area (Å²) in [6, 6.07) is 9.68. The molecule has 0 saturated carbocycles. The normalized spacial score (nSPS) is 11.4. The predicted molar refractivity (Wildman–Crippen MR) is 181 cm³/mol. The van der Waals surface area contributed by atoms with Gasteiger partial charge in [-0.2, -0.15) is 0 Å². The van der Waals surface area contributed by atoms with Crippen LogP contribution in [0.15, 0.2) is 30.3 Å². The van der Waals surface area contributed by atoms with Crippen molar-refractivity contribution in [3.63, 3.8) is 0 Å². The molecule has 0 aliphatic rings. The molecule has 282 valence electrons. The largest absolute Gasteiger partial charge is 0.491 e. The molecule has 13 heteroatoms. The van der Waals surface area contributed by atoms with E-state index in [1.54, 1.807) is 0 Å². The van der Waals surface area contributed by atoms with Gasteiger partial charge in [-0.15, -0.1) is 0 Å². The molecule has 1 aromatic rings. The summed E-state index contributed by atoms with van der Waals surface area (Å²) in [5.41, 5.74) is 0. The zero-order chi connectivity index (χ0) is 34.1. The van der Waals surface area contributed by atoms with Crippen molar-refractivity contribution in [2.75, 3.05) is 165 Å². The Hall–Kier alpha value is -1.46. The van der Waals surface area contributed by atoms with Gasteiger partial charge < -0.3 is 61.6 Å². The number of benzene rings is 1. The SMILES string of the molecule is CCCCCOCCOCCOCCOCCOCCOCCOCCOCCOCCOCCOCCOCCOc1ccccc1. The van der Waals surface area contributed by atoms with E-state index in [0.29, 0.717) is 159 Å². The van der Waals surface area contributed by atoms with Crippen molar-refractivity contribution in [1.82, 2.24) is 0 Å². The first-order chi connectivity index (χ1) is 23.9. The van der Waals surface area contributed by atoms with Crippen LogP contribution < -0.4 is 4.74 Å². The molecule has 0 unspecified atom stereocenters. The number of ether oxygens (including phenoxy) is 13. The van der Waals surface area contributed by atoms with Gasteiger partial charge in [0.1, 0.15) is 12.4 Å². The topological polar surface area (TPSA) is 120 Å². The summed E-state index contributed by atoms with van der Waals surface area (Å²) >= 11 is 0. The second kappa shape index (κ2) is 40.0. The molecule has 1 aromatic carbocycles. The van der Waals surface area contributed by atoms with Crippen molar-refractivity contribution >= 4 is 0 Å². The van der Waals surface area contributed by atoms with Gasteiger partial charge in [0.2, 0.25) is 0 Å². The Labute approximate surface area is 288 Å². The van der Waals surface area contributed by atoms with E-state index >= 15 is 0 Å². The first-order valence-electron chi connectivity index (χ1n) is 17.5. The van der Waals surface area contributed by atoms with Crippen molar-refractivity contribution in [3.8, 4) is 5.75 Å². The molecular weight excluding hydrogens is 628 g/mol. The van der Waals surface area contributed by atoms with Gasteiger partial charge in [-0.3, -0.25) is 0 Å². The Balaban J connectivity index is 1.60. The highest BCUT2D eigenvalue weighted by atomic mass is 16.6. The molecule has 13 nitrogen and oxygen atoms in total. The molecule has 48 heavy (non-hydrogen) atoms. The van der Waals surface area contributed by atoms with Crippen LogP contribution in [0, 0.1) is 0 Å². The van der Waals surface area contributed by atoms with Gasteiger partial charge in [0, 0.05) is 6.61 Å². The summed E-state index contributed by atoms with van der Waals surface area (Å²) < 4.78 is 71.4. The van der Waals surface area contributed by atoms with Crippen molar-refractivity contribution in [2.45, 2.75) is 26.2 Å². The van der Waals surface area contributed by atoms with Gasteiger partial charge in [-0.1, -0.05) is 38.0 Å². The molecule has 0 saturated heterocycles. The first kappa shape index (κ1) is 44.6. The minimum Gasteiger partial charge on any atom is -0.491 e. The Morgan fingerprint density at radius 1 is 0.292 bits per heavy atom. The second-order valence-electron chi connectivity index (χ2n) is 10.2. The van der Waals surface area contributed by atoms with Gasteiger partial charge in [0.15, 0.2) is 0 Å². The van der Waals surface area contributed by atoms with E-state index in [-0.39, 0.29) is 0 Å². The molecule has 1 rings (SSSR count). The summed E-state index contributed by atoms with van der Waals surface area (Å²) in [6.45, 7) is 15.8. The molecular formula is C35H64O13. The van der Waals surface area contributed by atoms with E-state index < -0.39 is 0 Å². The first-order valence-corrected chi connectivity index (χ1v) is 17.5. The number of hydrogen-bond acceptors (Lipinski definition) is 13. The molecule has 0 radical (unpaired) electrons. The third-order valence-electron chi connectivity index (χ3n) is 6.22. The lowest BCUT2D eigenvalue weighted by atomic mass is 10.3. The maximum absolute atomic E-state index is 5.56. The highest BCUT2D eigenvalue weighted by Gasteiger charge is 1.97. The van der Waals surface area contributed by atoms with Crippen LogP contribution in [0.1, 0.15) is 26.2 Å². The number of unbranched alkanes of at least 4 members (excludes halogenated alkanes) is 2. The van der Waals surface area contributed by atoms with E-state index in [1.807, 2.05) is 30.3 Å². The maximum atomic E-state index is 5.56. The average Bonchev–Trinajstić information content (AvgIpc) is 3.11. The van der Waals surface area contributed by atoms with Gasteiger partial charge in [-0.05, 0) is 18.6 Å². The maximum Gasteiger partial charge on any atom is 0.119 e. The average molecular weight is 693 g/mol. The quantitative estimate of drug-likeness (QED) is 0.0933. The fraction of sp³-hybridized carbons (Fsp3) is 0.829. The van der Waals surface area contributed by atoms with Crippen molar-refractivity contribution in [3.05, 3.63) is 30.3 Å². The number of para-hydroxylation sites is 1. The van der Waals surface area contributed by atoms with Crippen molar-refractivity contribution in [1.29, 1.82) is 0 Å². The molecule has 0 aliphatic heterocycles. The third-order valence-corrected chi connectivity index (χ3v) is 6.22. The molecule has 0 heterocycles. The lowest BCUT2D eigenvalue weighted by Crippen LogP contribution is -2.15. The van der Waals surface area contributed by atoms with Crippen LogP contribution in [0.4, 0.5) is 0 Å². The summed E-state index contributed by atoms with van der Waals surface area (Å²) in [7, 11) is 0. The van der Waals surface area contributed by atoms with Crippen LogP contribution in [0.5, 0.6) is 5.75 Å². The van der Waals surface area contributed by atoms with Crippen molar-refractivity contribution < 1.29 is 61.6 Å². The Kier molecular flexibility index (Phi) is 37.1. The highest BCUT2D eigenvalue weighted by Crippen LogP contribution is 2.07. The zero-order valence-corrected chi connectivity index (χ0v) is 29.5. The van der Waals surface area contributed by atoms with Gasteiger partial charge in [0.05, 0.1) is 152 Å².